The van der Waals surface area contributed by atoms with Gasteiger partial charge in [-0.05, 0) is 55.8 Å². The molecule has 0 N–H and O–H groups in total. The smallest absolute Gasteiger partial charge is 0.145 e. The van der Waals surface area contributed by atoms with E-state index in [4.69, 9.17) is 9.57 Å². The molecule has 0 saturated heterocycles. The Morgan fingerprint density at radius 1 is 0.938 bits per heavy atom. The van der Waals surface area contributed by atoms with Gasteiger partial charge in [-0.3, -0.25) is 0 Å². The monoisotopic (exact) mass is 428 g/mol. The molecule has 0 aliphatic carbocycles. The fraction of sp³-hybridized carbons (Fsp3) is 0.148. The van der Waals surface area contributed by atoms with Crippen molar-refractivity contribution in [3.8, 4) is 22.7 Å². The minimum absolute atomic E-state index is 0.0772. The van der Waals surface area contributed by atoms with Gasteiger partial charge in [-0.2, -0.15) is 0 Å². The molecule has 0 spiro atoms. The van der Waals surface area contributed by atoms with Gasteiger partial charge in [0.2, 0.25) is 0 Å². The maximum Gasteiger partial charge on any atom is 0.145 e. The Bertz CT molecular complexity index is 1230. The third kappa shape index (κ3) is 4.42. The summed E-state index contributed by atoms with van der Waals surface area (Å²) in [7, 11) is 1.66. The Morgan fingerprint density at radius 2 is 1.62 bits per heavy atom. The minimum atomic E-state index is -0.298. The number of oxime groups is 1. The third-order valence-corrected chi connectivity index (χ3v) is 5.42. The number of hydrogen-bond acceptors (Lipinski definition) is 3. The number of ether oxygens (including phenoxy) is 1. The summed E-state index contributed by atoms with van der Waals surface area (Å²) in [6.07, 6.45) is 0. The average molecular weight is 429 g/mol. The number of aromatic nitrogens is 1. The first-order valence-electron chi connectivity index (χ1n) is 10.4. The molecular formula is C27H25FN2O2. The number of methoxy groups -OCH3 is 1. The van der Waals surface area contributed by atoms with Gasteiger partial charge in [0.15, 0.2) is 0 Å². The zero-order valence-electron chi connectivity index (χ0n) is 18.4. The molecule has 1 aromatic heterocycles. The van der Waals surface area contributed by atoms with Crippen LogP contribution in [0.4, 0.5) is 4.39 Å². The molecule has 0 radical (unpaired) electrons. The van der Waals surface area contributed by atoms with Crippen molar-refractivity contribution in [2.75, 3.05) is 7.11 Å². The summed E-state index contributed by atoms with van der Waals surface area (Å²) < 4.78 is 21.4. The van der Waals surface area contributed by atoms with Crippen LogP contribution in [0.15, 0.2) is 90.1 Å². The summed E-state index contributed by atoms with van der Waals surface area (Å²) in [6.45, 7) is 4.03. The van der Waals surface area contributed by atoms with Gasteiger partial charge in [0.1, 0.15) is 18.2 Å². The Kier molecular flexibility index (Phi) is 6.36. The van der Waals surface area contributed by atoms with E-state index in [9.17, 15) is 4.39 Å². The van der Waals surface area contributed by atoms with Crippen LogP contribution in [0.3, 0.4) is 0 Å². The van der Waals surface area contributed by atoms with Crippen LogP contribution < -0.4 is 4.74 Å². The minimum Gasteiger partial charge on any atom is -0.497 e. The molecule has 0 fully saturated rings. The van der Waals surface area contributed by atoms with Gasteiger partial charge < -0.3 is 14.1 Å². The largest absolute Gasteiger partial charge is 0.497 e. The summed E-state index contributed by atoms with van der Waals surface area (Å²) in [6, 6.07) is 26.8. The van der Waals surface area contributed by atoms with E-state index in [-0.39, 0.29) is 12.4 Å². The number of benzene rings is 3. The van der Waals surface area contributed by atoms with Gasteiger partial charge in [-0.1, -0.05) is 53.7 Å². The molecular weight excluding hydrogens is 403 g/mol. The summed E-state index contributed by atoms with van der Waals surface area (Å²) >= 11 is 0. The van der Waals surface area contributed by atoms with Gasteiger partial charge in [0, 0.05) is 22.5 Å². The van der Waals surface area contributed by atoms with E-state index in [0.29, 0.717) is 5.56 Å². The van der Waals surface area contributed by atoms with Crippen LogP contribution in [0.2, 0.25) is 0 Å². The van der Waals surface area contributed by atoms with E-state index in [1.54, 1.807) is 25.3 Å². The van der Waals surface area contributed by atoms with Crippen LogP contribution in [-0.2, 0) is 11.4 Å². The lowest BCUT2D eigenvalue weighted by molar-refractivity contribution is 0.128. The van der Waals surface area contributed by atoms with Gasteiger partial charge in [0.25, 0.3) is 0 Å². The summed E-state index contributed by atoms with van der Waals surface area (Å²) in [5.41, 5.74) is 6.36. The lowest BCUT2D eigenvalue weighted by Gasteiger charge is -2.13. The molecule has 32 heavy (non-hydrogen) atoms. The van der Waals surface area contributed by atoms with Gasteiger partial charge >= 0.3 is 0 Å². The predicted octanol–water partition coefficient (Wildman–Crippen LogP) is 6.54. The van der Waals surface area contributed by atoms with Crippen LogP contribution >= 0.6 is 0 Å². The van der Waals surface area contributed by atoms with Crippen LogP contribution in [0, 0.1) is 12.7 Å². The summed E-state index contributed by atoms with van der Waals surface area (Å²) in [5, 5.41) is 4.28. The molecule has 4 aromatic rings. The topological polar surface area (TPSA) is 35.8 Å². The number of rotatable bonds is 7. The van der Waals surface area contributed by atoms with E-state index in [2.05, 4.69) is 34.8 Å². The van der Waals surface area contributed by atoms with Gasteiger partial charge in [-0.25, -0.2) is 4.39 Å². The number of halogens is 1. The van der Waals surface area contributed by atoms with Gasteiger partial charge in [-0.15, -0.1) is 0 Å². The molecule has 0 bridgehead atoms. The molecule has 162 valence electrons. The van der Waals surface area contributed by atoms with Crippen molar-refractivity contribution in [3.05, 3.63) is 108 Å². The summed E-state index contributed by atoms with van der Waals surface area (Å²) in [4.78, 5) is 5.48. The molecule has 4 rings (SSSR count). The van der Waals surface area contributed by atoms with Crippen molar-refractivity contribution in [2.24, 2.45) is 5.16 Å². The predicted molar refractivity (Wildman–Crippen MR) is 126 cm³/mol. The zero-order chi connectivity index (χ0) is 22.5. The second-order valence-corrected chi connectivity index (χ2v) is 7.47. The standard InChI is InChI=1S/C27H25FN2O2/c1-19(29-32-18-22-11-7-8-12-26(22)28)25-17-27(21-9-5-4-6-10-21)30(20(25)2)23-13-15-24(31-3)16-14-23/h4-17H,18H2,1-3H3/b29-19-. The highest BCUT2D eigenvalue weighted by Gasteiger charge is 2.17. The Labute approximate surface area is 187 Å². The van der Waals surface area contributed by atoms with Crippen LogP contribution in [0.25, 0.3) is 16.9 Å². The van der Waals surface area contributed by atoms with E-state index in [0.717, 1.165) is 39.7 Å². The van der Waals surface area contributed by atoms with Gasteiger partial charge in [0.05, 0.1) is 18.5 Å². The van der Waals surface area contributed by atoms with Crippen molar-refractivity contribution in [2.45, 2.75) is 20.5 Å². The second-order valence-electron chi connectivity index (χ2n) is 7.47. The van der Waals surface area contributed by atoms with Crippen molar-refractivity contribution < 1.29 is 14.0 Å². The van der Waals surface area contributed by atoms with E-state index < -0.39 is 0 Å². The van der Waals surface area contributed by atoms with E-state index in [1.165, 1.54) is 6.07 Å². The van der Waals surface area contributed by atoms with Crippen molar-refractivity contribution in [3.63, 3.8) is 0 Å². The molecule has 0 amide bonds. The Hall–Kier alpha value is -3.86. The normalized spacial score (nSPS) is 11.4. The number of nitrogens with zero attached hydrogens (tertiary/aromatic N) is 2. The van der Waals surface area contributed by atoms with Crippen LogP contribution in [0.1, 0.15) is 23.7 Å². The Balaban J connectivity index is 1.71. The maximum atomic E-state index is 13.8. The molecule has 0 saturated carbocycles. The quantitative estimate of drug-likeness (QED) is 0.247. The molecule has 1 heterocycles. The highest BCUT2D eigenvalue weighted by molar-refractivity contribution is 6.01. The van der Waals surface area contributed by atoms with Crippen molar-refractivity contribution in [1.82, 2.24) is 4.57 Å². The van der Waals surface area contributed by atoms with Crippen LogP contribution in [0.5, 0.6) is 5.75 Å². The number of hydrogen-bond donors (Lipinski definition) is 0. The zero-order valence-corrected chi connectivity index (χ0v) is 18.4. The van der Waals surface area contributed by atoms with Crippen molar-refractivity contribution in [1.29, 1.82) is 0 Å². The first-order chi connectivity index (χ1) is 15.6. The lowest BCUT2D eigenvalue weighted by Crippen LogP contribution is -2.03. The fourth-order valence-corrected chi connectivity index (χ4v) is 3.72. The molecule has 0 aliphatic heterocycles. The maximum absolute atomic E-state index is 13.8. The van der Waals surface area contributed by atoms with Crippen LogP contribution in [-0.4, -0.2) is 17.4 Å². The molecule has 0 unspecified atom stereocenters. The SMILES string of the molecule is COc1ccc(-n2c(-c3ccccc3)cc(/C(C)=N\OCc3ccccc3F)c2C)cc1. The van der Waals surface area contributed by atoms with E-state index >= 15 is 0 Å². The summed E-state index contributed by atoms with van der Waals surface area (Å²) in [5.74, 6) is 0.507. The Morgan fingerprint density at radius 3 is 2.31 bits per heavy atom. The lowest BCUT2D eigenvalue weighted by atomic mass is 10.1. The molecule has 5 heteroatoms. The second kappa shape index (κ2) is 9.52. The molecule has 4 nitrogen and oxygen atoms in total. The highest BCUT2D eigenvalue weighted by atomic mass is 19.1. The first kappa shape index (κ1) is 21.4. The average Bonchev–Trinajstić information content (AvgIpc) is 3.18. The third-order valence-electron chi connectivity index (χ3n) is 5.42. The fourth-order valence-electron chi connectivity index (χ4n) is 3.72. The van der Waals surface area contributed by atoms with E-state index in [1.807, 2.05) is 49.4 Å². The molecule has 0 atom stereocenters. The van der Waals surface area contributed by atoms with Crippen molar-refractivity contribution >= 4 is 5.71 Å². The highest BCUT2D eigenvalue weighted by Crippen LogP contribution is 2.30. The molecule has 0 aliphatic rings. The first-order valence-corrected chi connectivity index (χ1v) is 10.4. The molecule has 3 aromatic carbocycles.